The lowest BCUT2D eigenvalue weighted by molar-refractivity contribution is 0.524. The van der Waals surface area contributed by atoms with E-state index >= 15 is 0 Å². The van der Waals surface area contributed by atoms with Crippen LogP contribution in [0.5, 0.6) is 0 Å². The zero-order valence-corrected chi connectivity index (χ0v) is 10.7. The van der Waals surface area contributed by atoms with Gasteiger partial charge in [0.05, 0.1) is 6.04 Å². The first-order chi connectivity index (χ1) is 9.15. The van der Waals surface area contributed by atoms with Gasteiger partial charge >= 0.3 is 0 Å². The van der Waals surface area contributed by atoms with Crippen molar-refractivity contribution >= 4 is 22.6 Å². The van der Waals surface area contributed by atoms with E-state index in [2.05, 4.69) is 0 Å². The largest absolute Gasteiger partial charge is 0.459 e. The minimum Gasteiger partial charge on any atom is -0.459 e. The van der Waals surface area contributed by atoms with E-state index in [0.29, 0.717) is 21.8 Å². The summed E-state index contributed by atoms with van der Waals surface area (Å²) in [5, 5.41) is 1.28. The summed E-state index contributed by atoms with van der Waals surface area (Å²) >= 11 is 6.11. The van der Waals surface area contributed by atoms with Gasteiger partial charge in [-0.3, -0.25) is 0 Å². The fourth-order valence-corrected chi connectivity index (χ4v) is 2.32. The Labute approximate surface area is 114 Å². The third-order valence-electron chi connectivity index (χ3n) is 3.04. The molecule has 2 N–H and O–H groups in total. The Hall–Kier alpha value is -1.84. The Morgan fingerprint density at radius 3 is 2.68 bits per heavy atom. The number of furan rings is 1. The molecule has 0 amide bonds. The molecule has 1 aromatic heterocycles. The van der Waals surface area contributed by atoms with Gasteiger partial charge in [0, 0.05) is 10.4 Å². The number of benzene rings is 2. The molecule has 19 heavy (non-hydrogen) atoms. The predicted octanol–water partition coefficient (Wildman–Crippen LogP) is 4.27. The molecule has 0 spiro atoms. The van der Waals surface area contributed by atoms with Crippen molar-refractivity contribution in [1.29, 1.82) is 0 Å². The summed E-state index contributed by atoms with van der Waals surface area (Å²) in [6.07, 6.45) is 0. The molecule has 0 aliphatic heterocycles. The minimum absolute atomic E-state index is 0.300. The number of hydrogen-bond donors (Lipinski definition) is 1. The monoisotopic (exact) mass is 275 g/mol. The summed E-state index contributed by atoms with van der Waals surface area (Å²) in [7, 11) is 0. The molecule has 1 heterocycles. The van der Waals surface area contributed by atoms with Crippen LogP contribution < -0.4 is 5.73 Å². The van der Waals surface area contributed by atoms with E-state index in [1.54, 1.807) is 18.2 Å². The van der Waals surface area contributed by atoms with Crippen molar-refractivity contribution in [2.24, 2.45) is 5.73 Å². The van der Waals surface area contributed by atoms with Gasteiger partial charge < -0.3 is 10.2 Å². The van der Waals surface area contributed by atoms with Crippen molar-refractivity contribution in [3.8, 4) is 0 Å². The lowest BCUT2D eigenvalue weighted by Crippen LogP contribution is -2.11. The smallest absolute Gasteiger partial charge is 0.134 e. The van der Waals surface area contributed by atoms with Crippen LogP contribution in [0.4, 0.5) is 4.39 Å². The zero-order chi connectivity index (χ0) is 13.4. The van der Waals surface area contributed by atoms with Crippen molar-refractivity contribution in [2.75, 3.05) is 0 Å². The van der Waals surface area contributed by atoms with Crippen LogP contribution in [0.2, 0.25) is 5.02 Å². The van der Waals surface area contributed by atoms with Gasteiger partial charge in [-0.25, -0.2) is 4.39 Å². The number of hydrogen-bond acceptors (Lipinski definition) is 2. The van der Waals surface area contributed by atoms with Crippen LogP contribution in [0, 0.1) is 5.82 Å². The standard InChI is InChI=1S/C15H11ClFNO/c16-12-4-2-1-3-11(12)15(18)14-8-9-7-10(17)5-6-13(9)19-14/h1-8,15H,18H2. The Bertz CT molecular complexity index is 738. The zero-order valence-electron chi connectivity index (χ0n) is 9.94. The molecule has 96 valence electrons. The highest BCUT2D eigenvalue weighted by Gasteiger charge is 2.16. The van der Waals surface area contributed by atoms with Crippen LogP contribution >= 0.6 is 11.6 Å². The second-order valence-electron chi connectivity index (χ2n) is 4.33. The molecule has 1 unspecified atom stereocenters. The molecular weight excluding hydrogens is 265 g/mol. The summed E-state index contributed by atoms with van der Waals surface area (Å²) in [6.45, 7) is 0. The summed E-state index contributed by atoms with van der Waals surface area (Å²) in [5.74, 6) is 0.264. The Balaban J connectivity index is 2.07. The number of fused-ring (bicyclic) bond motifs is 1. The third-order valence-corrected chi connectivity index (χ3v) is 3.39. The predicted molar refractivity (Wildman–Crippen MR) is 73.7 cm³/mol. The second-order valence-corrected chi connectivity index (χ2v) is 4.74. The first-order valence-corrected chi connectivity index (χ1v) is 6.22. The van der Waals surface area contributed by atoms with Crippen molar-refractivity contribution in [1.82, 2.24) is 0 Å². The molecule has 1 atom stereocenters. The molecule has 0 saturated heterocycles. The summed E-state index contributed by atoms with van der Waals surface area (Å²) < 4.78 is 18.8. The molecule has 0 bridgehead atoms. The number of halogens is 2. The van der Waals surface area contributed by atoms with Crippen LogP contribution in [0.1, 0.15) is 17.4 Å². The molecule has 0 fully saturated rings. The molecule has 2 nitrogen and oxygen atoms in total. The van der Waals surface area contributed by atoms with Crippen molar-refractivity contribution in [3.63, 3.8) is 0 Å². The van der Waals surface area contributed by atoms with E-state index in [9.17, 15) is 4.39 Å². The highest BCUT2D eigenvalue weighted by Crippen LogP contribution is 2.30. The highest BCUT2D eigenvalue weighted by atomic mass is 35.5. The van der Waals surface area contributed by atoms with Crippen LogP contribution in [0.15, 0.2) is 52.9 Å². The highest BCUT2D eigenvalue weighted by molar-refractivity contribution is 6.31. The van der Waals surface area contributed by atoms with E-state index < -0.39 is 6.04 Å². The fraction of sp³-hybridized carbons (Fsp3) is 0.0667. The van der Waals surface area contributed by atoms with E-state index in [0.717, 1.165) is 5.56 Å². The normalized spacial score (nSPS) is 12.8. The van der Waals surface area contributed by atoms with Crippen LogP contribution in [-0.2, 0) is 0 Å². The van der Waals surface area contributed by atoms with Gasteiger partial charge in [-0.2, -0.15) is 0 Å². The summed E-state index contributed by atoms with van der Waals surface area (Å²) in [5.41, 5.74) is 7.54. The lowest BCUT2D eigenvalue weighted by atomic mass is 10.1. The van der Waals surface area contributed by atoms with Gasteiger partial charge in [0.1, 0.15) is 17.2 Å². The van der Waals surface area contributed by atoms with Crippen LogP contribution in [0.25, 0.3) is 11.0 Å². The van der Waals surface area contributed by atoms with E-state index in [4.69, 9.17) is 21.8 Å². The first-order valence-electron chi connectivity index (χ1n) is 5.84. The summed E-state index contributed by atoms with van der Waals surface area (Å²) in [4.78, 5) is 0. The molecule has 3 rings (SSSR count). The van der Waals surface area contributed by atoms with E-state index in [-0.39, 0.29) is 5.82 Å². The lowest BCUT2D eigenvalue weighted by Gasteiger charge is -2.10. The van der Waals surface area contributed by atoms with Crippen molar-refractivity contribution in [3.05, 3.63) is 70.7 Å². The Kier molecular flexibility index (Phi) is 3.01. The maximum atomic E-state index is 13.1. The Morgan fingerprint density at radius 1 is 1.11 bits per heavy atom. The maximum absolute atomic E-state index is 13.1. The maximum Gasteiger partial charge on any atom is 0.134 e. The van der Waals surface area contributed by atoms with Gasteiger partial charge in [-0.1, -0.05) is 29.8 Å². The first kappa shape index (κ1) is 12.2. The Morgan fingerprint density at radius 2 is 1.89 bits per heavy atom. The van der Waals surface area contributed by atoms with Gasteiger partial charge in [0.15, 0.2) is 0 Å². The fourth-order valence-electron chi connectivity index (χ4n) is 2.07. The molecule has 0 radical (unpaired) electrons. The molecule has 2 aromatic carbocycles. The van der Waals surface area contributed by atoms with E-state index in [1.807, 2.05) is 18.2 Å². The van der Waals surface area contributed by atoms with Gasteiger partial charge in [-0.05, 0) is 35.9 Å². The number of nitrogens with two attached hydrogens (primary N) is 1. The topological polar surface area (TPSA) is 39.2 Å². The van der Waals surface area contributed by atoms with Crippen LogP contribution in [-0.4, -0.2) is 0 Å². The van der Waals surface area contributed by atoms with Crippen molar-refractivity contribution in [2.45, 2.75) is 6.04 Å². The van der Waals surface area contributed by atoms with Crippen molar-refractivity contribution < 1.29 is 8.81 Å². The third kappa shape index (κ3) is 2.23. The second kappa shape index (κ2) is 4.68. The average Bonchev–Trinajstić information content (AvgIpc) is 2.81. The number of rotatable bonds is 2. The van der Waals surface area contributed by atoms with Gasteiger partial charge in [-0.15, -0.1) is 0 Å². The molecule has 3 aromatic rings. The van der Waals surface area contributed by atoms with Gasteiger partial charge in [0.25, 0.3) is 0 Å². The molecule has 0 aliphatic rings. The quantitative estimate of drug-likeness (QED) is 0.758. The van der Waals surface area contributed by atoms with Gasteiger partial charge in [0.2, 0.25) is 0 Å². The van der Waals surface area contributed by atoms with E-state index in [1.165, 1.54) is 12.1 Å². The molecule has 0 aliphatic carbocycles. The molecular formula is C15H11ClFNO. The average molecular weight is 276 g/mol. The summed E-state index contributed by atoms with van der Waals surface area (Å²) in [6, 6.07) is 13.0. The van der Waals surface area contributed by atoms with Crippen LogP contribution in [0.3, 0.4) is 0 Å². The molecule has 0 saturated carbocycles. The molecule has 4 heteroatoms. The SMILES string of the molecule is NC(c1cc2cc(F)ccc2o1)c1ccccc1Cl. The minimum atomic E-state index is -0.468.